The second kappa shape index (κ2) is 6.61. The summed E-state index contributed by atoms with van der Waals surface area (Å²) in [6.45, 7) is 5.98. The van der Waals surface area contributed by atoms with Gasteiger partial charge in [-0.1, -0.05) is 32.6 Å². The summed E-state index contributed by atoms with van der Waals surface area (Å²) < 4.78 is 0. The van der Waals surface area contributed by atoms with Crippen molar-refractivity contribution < 1.29 is 0 Å². The predicted molar refractivity (Wildman–Crippen MR) is 69.6 cm³/mol. The molecule has 16 heavy (non-hydrogen) atoms. The third-order valence-corrected chi connectivity index (χ3v) is 4.53. The van der Waals surface area contributed by atoms with Gasteiger partial charge in [-0.05, 0) is 44.2 Å². The van der Waals surface area contributed by atoms with Crippen molar-refractivity contribution in [2.75, 3.05) is 19.6 Å². The van der Waals surface area contributed by atoms with Gasteiger partial charge in [-0.2, -0.15) is 0 Å². The first-order valence-corrected chi connectivity index (χ1v) is 7.32. The molecule has 0 aromatic carbocycles. The molecule has 1 saturated carbocycles. The zero-order chi connectivity index (χ0) is 11.2. The molecule has 2 N–H and O–H groups in total. The minimum atomic E-state index is 0.736. The zero-order valence-electron chi connectivity index (χ0n) is 10.8. The Balaban J connectivity index is 1.51. The summed E-state index contributed by atoms with van der Waals surface area (Å²) in [5.41, 5.74) is 0. The first kappa shape index (κ1) is 12.4. The summed E-state index contributed by atoms with van der Waals surface area (Å²) in [4.78, 5) is 0. The maximum atomic E-state index is 3.64. The Morgan fingerprint density at radius 2 is 2.06 bits per heavy atom. The van der Waals surface area contributed by atoms with Crippen molar-refractivity contribution in [1.29, 1.82) is 0 Å². The Labute approximate surface area is 101 Å². The fraction of sp³-hybridized carbons (Fsp3) is 1.00. The highest BCUT2D eigenvalue weighted by Crippen LogP contribution is 2.28. The highest BCUT2D eigenvalue weighted by Gasteiger charge is 2.20. The number of hydrogen-bond donors (Lipinski definition) is 2. The summed E-state index contributed by atoms with van der Waals surface area (Å²) in [5.74, 6) is 2.02. The topological polar surface area (TPSA) is 24.1 Å². The Kier molecular flexibility index (Phi) is 5.11. The van der Waals surface area contributed by atoms with Crippen LogP contribution in [-0.2, 0) is 0 Å². The fourth-order valence-electron chi connectivity index (χ4n) is 2.99. The molecule has 0 bridgehead atoms. The molecule has 0 aromatic heterocycles. The first-order valence-electron chi connectivity index (χ1n) is 7.32. The number of rotatable bonds is 6. The van der Waals surface area contributed by atoms with E-state index in [9.17, 15) is 0 Å². The van der Waals surface area contributed by atoms with Crippen LogP contribution in [0, 0.1) is 11.8 Å². The van der Waals surface area contributed by atoms with Crippen molar-refractivity contribution >= 4 is 0 Å². The molecule has 0 radical (unpaired) electrons. The van der Waals surface area contributed by atoms with E-state index in [-0.39, 0.29) is 0 Å². The Morgan fingerprint density at radius 3 is 2.75 bits per heavy atom. The van der Waals surface area contributed by atoms with E-state index < -0.39 is 0 Å². The average Bonchev–Trinajstić information content (AvgIpc) is 2.27. The van der Waals surface area contributed by atoms with Gasteiger partial charge in [0, 0.05) is 12.6 Å². The van der Waals surface area contributed by atoms with Crippen LogP contribution in [0.4, 0.5) is 0 Å². The fourth-order valence-corrected chi connectivity index (χ4v) is 2.99. The van der Waals surface area contributed by atoms with Crippen LogP contribution in [0.5, 0.6) is 0 Å². The van der Waals surface area contributed by atoms with E-state index >= 15 is 0 Å². The minimum Gasteiger partial charge on any atom is -0.315 e. The van der Waals surface area contributed by atoms with Crippen LogP contribution in [0.3, 0.4) is 0 Å². The quantitative estimate of drug-likeness (QED) is 0.678. The minimum absolute atomic E-state index is 0.736. The van der Waals surface area contributed by atoms with E-state index in [2.05, 4.69) is 17.6 Å². The zero-order valence-corrected chi connectivity index (χ0v) is 10.8. The van der Waals surface area contributed by atoms with Gasteiger partial charge in [0.05, 0.1) is 0 Å². The lowest BCUT2D eigenvalue weighted by molar-refractivity contribution is 0.271. The van der Waals surface area contributed by atoms with Crippen molar-refractivity contribution in [3.63, 3.8) is 0 Å². The van der Waals surface area contributed by atoms with Crippen LogP contribution in [-0.4, -0.2) is 25.7 Å². The van der Waals surface area contributed by atoms with E-state index in [1.165, 1.54) is 64.6 Å². The summed E-state index contributed by atoms with van der Waals surface area (Å²) in [6, 6.07) is 0.736. The summed E-state index contributed by atoms with van der Waals surface area (Å²) in [7, 11) is 0. The highest BCUT2D eigenvalue weighted by atomic mass is 15.0. The monoisotopic (exact) mass is 224 g/mol. The van der Waals surface area contributed by atoms with Crippen molar-refractivity contribution in [1.82, 2.24) is 10.6 Å². The van der Waals surface area contributed by atoms with Crippen LogP contribution >= 0.6 is 0 Å². The van der Waals surface area contributed by atoms with Gasteiger partial charge >= 0.3 is 0 Å². The molecule has 2 nitrogen and oxygen atoms in total. The molecule has 0 amide bonds. The molecule has 2 unspecified atom stereocenters. The van der Waals surface area contributed by atoms with Crippen LogP contribution in [0.25, 0.3) is 0 Å². The van der Waals surface area contributed by atoms with E-state index in [0.29, 0.717) is 0 Å². The predicted octanol–water partition coefficient (Wildman–Crippen LogP) is 2.54. The first-order chi connectivity index (χ1) is 7.88. The van der Waals surface area contributed by atoms with Crippen LogP contribution in [0.1, 0.15) is 51.9 Å². The molecule has 0 aromatic rings. The third-order valence-electron chi connectivity index (χ3n) is 4.53. The lowest BCUT2D eigenvalue weighted by Gasteiger charge is -2.30. The molecular formula is C14H28N2. The molecular weight excluding hydrogens is 196 g/mol. The number of hydrogen-bond acceptors (Lipinski definition) is 2. The molecule has 2 rings (SSSR count). The number of nitrogens with one attached hydrogen (secondary N) is 2. The van der Waals surface area contributed by atoms with Gasteiger partial charge in [-0.15, -0.1) is 0 Å². The van der Waals surface area contributed by atoms with Gasteiger partial charge in [0.15, 0.2) is 0 Å². The van der Waals surface area contributed by atoms with E-state index in [1.54, 1.807) is 0 Å². The highest BCUT2D eigenvalue weighted by molar-refractivity contribution is 4.79. The normalized spacial score (nSPS) is 31.3. The Bertz CT molecular complexity index is 189. The van der Waals surface area contributed by atoms with Crippen molar-refractivity contribution in [2.45, 2.75) is 57.9 Å². The third kappa shape index (κ3) is 3.74. The standard InChI is InChI=1S/C14H28N2/c1-2-12-7-9-16-14(10-12)11-15-8-6-13-4-3-5-13/h12-16H,2-11H2,1H3. The molecule has 1 aliphatic carbocycles. The maximum Gasteiger partial charge on any atom is 0.0195 e. The molecule has 2 aliphatic rings. The average molecular weight is 224 g/mol. The van der Waals surface area contributed by atoms with Gasteiger partial charge in [-0.25, -0.2) is 0 Å². The molecule has 2 fully saturated rings. The van der Waals surface area contributed by atoms with Crippen molar-refractivity contribution in [3.8, 4) is 0 Å². The van der Waals surface area contributed by atoms with Crippen molar-refractivity contribution in [3.05, 3.63) is 0 Å². The summed E-state index contributed by atoms with van der Waals surface area (Å²) in [6.07, 6.45) is 9.99. The molecule has 2 heteroatoms. The van der Waals surface area contributed by atoms with E-state index in [0.717, 1.165) is 17.9 Å². The van der Waals surface area contributed by atoms with Gasteiger partial charge in [-0.3, -0.25) is 0 Å². The van der Waals surface area contributed by atoms with Gasteiger partial charge in [0.1, 0.15) is 0 Å². The summed E-state index contributed by atoms with van der Waals surface area (Å²) >= 11 is 0. The number of piperidine rings is 1. The lowest BCUT2D eigenvalue weighted by atomic mass is 9.83. The lowest BCUT2D eigenvalue weighted by Crippen LogP contribution is -2.44. The maximum absolute atomic E-state index is 3.64. The SMILES string of the molecule is CCC1CCNC(CNCCC2CCC2)C1. The van der Waals surface area contributed by atoms with Gasteiger partial charge < -0.3 is 10.6 Å². The Morgan fingerprint density at radius 1 is 1.19 bits per heavy atom. The molecule has 2 atom stereocenters. The Hall–Kier alpha value is -0.0800. The van der Waals surface area contributed by atoms with Gasteiger partial charge in [0.25, 0.3) is 0 Å². The largest absolute Gasteiger partial charge is 0.315 e. The molecule has 0 spiro atoms. The van der Waals surface area contributed by atoms with E-state index in [4.69, 9.17) is 0 Å². The molecule has 1 saturated heterocycles. The second-order valence-electron chi connectivity index (χ2n) is 5.74. The van der Waals surface area contributed by atoms with Crippen LogP contribution in [0.2, 0.25) is 0 Å². The molecule has 1 aliphatic heterocycles. The van der Waals surface area contributed by atoms with E-state index in [1.807, 2.05) is 0 Å². The van der Waals surface area contributed by atoms with Crippen LogP contribution < -0.4 is 10.6 Å². The smallest absolute Gasteiger partial charge is 0.0195 e. The van der Waals surface area contributed by atoms with Crippen molar-refractivity contribution in [2.24, 2.45) is 11.8 Å². The molecule has 94 valence electrons. The van der Waals surface area contributed by atoms with Crippen LogP contribution in [0.15, 0.2) is 0 Å². The summed E-state index contributed by atoms with van der Waals surface area (Å²) in [5, 5.41) is 7.27. The molecule has 1 heterocycles. The van der Waals surface area contributed by atoms with Gasteiger partial charge in [0.2, 0.25) is 0 Å². The second-order valence-corrected chi connectivity index (χ2v) is 5.74.